The van der Waals surface area contributed by atoms with Crippen molar-refractivity contribution >= 4 is 12.2 Å². The van der Waals surface area contributed by atoms with Crippen molar-refractivity contribution in [2.75, 3.05) is 0 Å². The van der Waals surface area contributed by atoms with Crippen LogP contribution in [0.15, 0.2) is 23.3 Å². The Morgan fingerprint density at radius 3 is 2.52 bits per heavy atom. The van der Waals surface area contributed by atoms with Crippen LogP contribution in [0.1, 0.15) is 52.3 Å². The molecule has 0 aliphatic heterocycles. The molecule has 0 N–H and O–H groups in total. The number of hydrogen-bond acceptors (Lipinski definition) is 4. The number of ether oxygens (including phenoxy) is 1. The highest BCUT2D eigenvalue weighted by Crippen LogP contribution is 2.15. The lowest BCUT2D eigenvalue weighted by molar-refractivity contribution is -0.156. The first-order chi connectivity index (χ1) is 9.67. The fourth-order valence-corrected chi connectivity index (χ4v) is 1.76. The van der Waals surface area contributed by atoms with Gasteiger partial charge in [0, 0.05) is 12.4 Å². The van der Waals surface area contributed by atoms with Crippen molar-refractivity contribution < 1.29 is 9.53 Å². The maximum Gasteiger partial charge on any atom is 0.331 e. The van der Waals surface area contributed by atoms with Crippen LogP contribution >= 0.6 is 0 Å². The average molecular weight is 290 g/mol. The molecule has 0 bridgehead atoms. The van der Waals surface area contributed by atoms with E-state index in [0.717, 1.165) is 11.3 Å². The number of aliphatic imine (C=N–C) groups is 1. The lowest BCUT2D eigenvalue weighted by atomic mass is 10.0. The number of pyridine rings is 1. The van der Waals surface area contributed by atoms with E-state index in [4.69, 9.17) is 4.74 Å². The van der Waals surface area contributed by atoms with Crippen molar-refractivity contribution in [2.24, 2.45) is 10.9 Å². The average Bonchev–Trinajstić information content (AvgIpc) is 2.33. The van der Waals surface area contributed by atoms with E-state index in [9.17, 15) is 4.79 Å². The predicted octanol–water partition coefficient (Wildman–Crippen LogP) is 3.57. The van der Waals surface area contributed by atoms with Crippen molar-refractivity contribution in [3.05, 3.63) is 29.6 Å². The van der Waals surface area contributed by atoms with Gasteiger partial charge in [-0.25, -0.2) is 4.79 Å². The number of rotatable bonds is 5. The first kappa shape index (κ1) is 17.3. The largest absolute Gasteiger partial charge is 0.458 e. The molecule has 0 saturated carbocycles. The molecule has 0 aliphatic carbocycles. The van der Waals surface area contributed by atoms with Gasteiger partial charge in [-0.2, -0.15) is 0 Å². The maximum absolute atomic E-state index is 12.2. The molecule has 0 aliphatic rings. The van der Waals surface area contributed by atoms with E-state index in [1.807, 2.05) is 39.8 Å². The zero-order valence-corrected chi connectivity index (χ0v) is 13.9. The molecule has 0 fully saturated rings. The fourth-order valence-electron chi connectivity index (χ4n) is 1.76. The van der Waals surface area contributed by atoms with Crippen LogP contribution in [0.25, 0.3) is 0 Å². The van der Waals surface area contributed by atoms with Gasteiger partial charge < -0.3 is 4.74 Å². The Morgan fingerprint density at radius 1 is 1.38 bits per heavy atom. The molecule has 116 valence electrons. The van der Waals surface area contributed by atoms with Crippen molar-refractivity contribution in [3.63, 3.8) is 0 Å². The molecule has 0 saturated heterocycles. The predicted molar refractivity (Wildman–Crippen MR) is 85.7 cm³/mol. The van der Waals surface area contributed by atoms with Gasteiger partial charge in [-0.3, -0.25) is 9.98 Å². The summed E-state index contributed by atoms with van der Waals surface area (Å²) >= 11 is 0. The van der Waals surface area contributed by atoms with Gasteiger partial charge in [0.05, 0.1) is 5.69 Å². The summed E-state index contributed by atoms with van der Waals surface area (Å²) in [6.07, 6.45) is 4.10. The highest BCUT2D eigenvalue weighted by Gasteiger charge is 2.25. The summed E-state index contributed by atoms with van der Waals surface area (Å²) in [6, 6.07) is 3.38. The van der Waals surface area contributed by atoms with Gasteiger partial charge >= 0.3 is 5.97 Å². The van der Waals surface area contributed by atoms with E-state index in [2.05, 4.69) is 23.8 Å². The van der Waals surface area contributed by atoms with Crippen LogP contribution in [0.4, 0.5) is 0 Å². The third kappa shape index (κ3) is 7.02. The van der Waals surface area contributed by atoms with Gasteiger partial charge in [0.2, 0.25) is 0 Å². The Hall–Kier alpha value is -1.71. The van der Waals surface area contributed by atoms with Gasteiger partial charge in [0.1, 0.15) is 11.6 Å². The SMILES string of the molecule is Cc1ccc(C=NC(CC(C)C)C(=O)OC(C)(C)C)nc1. The minimum atomic E-state index is -0.496. The first-order valence-corrected chi connectivity index (χ1v) is 7.36. The summed E-state index contributed by atoms with van der Waals surface area (Å²) in [7, 11) is 0. The number of aromatic nitrogens is 1. The number of hydrogen-bond donors (Lipinski definition) is 0. The summed E-state index contributed by atoms with van der Waals surface area (Å²) in [5, 5.41) is 0. The Kier molecular flexibility index (Phi) is 6.06. The molecule has 0 spiro atoms. The van der Waals surface area contributed by atoms with E-state index < -0.39 is 11.6 Å². The van der Waals surface area contributed by atoms with E-state index >= 15 is 0 Å². The molecule has 0 amide bonds. The number of carbonyl (C=O) groups is 1. The van der Waals surface area contributed by atoms with Gasteiger partial charge in [0.25, 0.3) is 0 Å². The first-order valence-electron chi connectivity index (χ1n) is 7.36. The second-order valence-electron chi connectivity index (χ2n) is 6.72. The molecule has 1 aromatic heterocycles. The molecule has 1 unspecified atom stereocenters. The van der Waals surface area contributed by atoms with Gasteiger partial charge in [-0.1, -0.05) is 19.9 Å². The number of esters is 1. The van der Waals surface area contributed by atoms with E-state index in [0.29, 0.717) is 12.3 Å². The van der Waals surface area contributed by atoms with Crippen molar-refractivity contribution in [1.29, 1.82) is 0 Å². The number of nitrogens with zero attached hydrogens (tertiary/aromatic N) is 2. The number of carbonyl (C=O) groups excluding carboxylic acids is 1. The quantitative estimate of drug-likeness (QED) is 0.615. The lowest BCUT2D eigenvalue weighted by Gasteiger charge is -2.23. The Labute approximate surface area is 127 Å². The van der Waals surface area contributed by atoms with E-state index in [1.165, 1.54) is 0 Å². The van der Waals surface area contributed by atoms with Crippen molar-refractivity contribution in [1.82, 2.24) is 4.98 Å². The molecule has 1 atom stereocenters. The second-order valence-corrected chi connectivity index (χ2v) is 6.72. The lowest BCUT2D eigenvalue weighted by Crippen LogP contribution is -2.31. The highest BCUT2D eigenvalue weighted by atomic mass is 16.6. The normalized spacial score (nSPS) is 13.7. The van der Waals surface area contributed by atoms with Gasteiger partial charge in [0.15, 0.2) is 0 Å². The molecule has 1 heterocycles. The molecule has 1 aromatic rings. The van der Waals surface area contributed by atoms with Crippen LogP contribution in [0, 0.1) is 12.8 Å². The van der Waals surface area contributed by atoms with Gasteiger partial charge in [-0.05, 0) is 51.7 Å². The Morgan fingerprint density at radius 2 is 2.05 bits per heavy atom. The number of aryl methyl sites for hydroxylation is 1. The Balaban J connectivity index is 2.82. The molecule has 21 heavy (non-hydrogen) atoms. The summed E-state index contributed by atoms with van der Waals surface area (Å²) in [6.45, 7) is 11.7. The van der Waals surface area contributed by atoms with Gasteiger partial charge in [-0.15, -0.1) is 0 Å². The Bertz CT molecular complexity index is 485. The highest BCUT2D eigenvalue weighted by molar-refractivity contribution is 5.82. The van der Waals surface area contributed by atoms with Crippen LogP contribution in [0.2, 0.25) is 0 Å². The summed E-state index contributed by atoms with van der Waals surface area (Å²) in [5.41, 5.74) is 1.35. The fraction of sp³-hybridized carbons (Fsp3) is 0.588. The van der Waals surface area contributed by atoms with E-state index in [1.54, 1.807) is 12.4 Å². The van der Waals surface area contributed by atoms with Crippen LogP contribution in [0.3, 0.4) is 0 Å². The van der Waals surface area contributed by atoms with Crippen molar-refractivity contribution in [3.8, 4) is 0 Å². The zero-order valence-electron chi connectivity index (χ0n) is 13.9. The minimum absolute atomic E-state index is 0.278. The van der Waals surface area contributed by atoms with Crippen LogP contribution < -0.4 is 0 Å². The third-order valence-corrected chi connectivity index (χ3v) is 2.69. The topological polar surface area (TPSA) is 51.5 Å². The third-order valence-electron chi connectivity index (χ3n) is 2.69. The summed E-state index contributed by atoms with van der Waals surface area (Å²) in [5.74, 6) is 0.0882. The van der Waals surface area contributed by atoms with Crippen LogP contribution in [-0.4, -0.2) is 28.8 Å². The summed E-state index contributed by atoms with van der Waals surface area (Å²) in [4.78, 5) is 20.9. The molecule has 0 aromatic carbocycles. The van der Waals surface area contributed by atoms with Crippen molar-refractivity contribution in [2.45, 2.75) is 59.6 Å². The monoisotopic (exact) mass is 290 g/mol. The molecule has 1 rings (SSSR count). The molecular formula is C17H26N2O2. The van der Waals surface area contributed by atoms with Crippen LogP contribution in [0.5, 0.6) is 0 Å². The second kappa shape index (κ2) is 7.34. The standard InChI is InChI=1S/C17H26N2O2/c1-12(2)9-15(16(20)21-17(4,5)6)19-11-14-8-7-13(3)10-18-14/h7-8,10-12,15H,9H2,1-6H3. The van der Waals surface area contributed by atoms with Crippen LogP contribution in [-0.2, 0) is 9.53 Å². The van der Waals surface area contributed by atoms with E-state index in [-0.39, 0.29) is 5.97 Å². The molecule has 4 nitrogen and oxygen atoms in total. The molecule has 0 radical (unpaired) electrons. The summed E-state index contributed by atoms with van der Waals surface area (Å²) < 4.78 is 5.44. The molecular weight excluding hydrogens is 264 g/mol. The zero-order chi connectivity index (χ0) is 16.0. The molecule has 4 heteroatoms. The minimum Gasteiger partial charge on any atom is -0.458 e. The smallest absolute Gasteiger partial charge is 0.331 e. The maximum atomic E-state index is 12.2.